The Morgan fingerprint density at radius 1 is 1.15 bits per heavy atom. The molecule has 0 saturated heterocycles. The predicted molar refractivity (Wildman–Crippen MR) is 103 cm³/mol. The molecule has 136 valence electrons. The number of nitrogens with zero attached hydrogens (tertiary/aromatic N) is 4. The molecule has 0 radical (unpaired) electrons. The molecule has 0 aliphatic carbocycles. The first kappa shape index (κ1) is 17.9. The van der Waals surface area contributed by atoms with Gasteiger partial charge in [0.15, 0.2) is 0 Å². The zero-order chi connectivity index (χ0) is 18.5. The van der Waals surface area contributed by atoms with Gasteiger partial charge < -0.3 is 18.9 Å². The smallest absolute Gasteiger partial charge is 0.255 e. The van der Waals surface area contributed by atoms with E-state index >= 15 is 0 Å². The summed E-state index contributed by atoms with van der Waals surface area (Å²) in [5, 5.41) is 0. The van der Waals surface area contributed by atoms with Crippen LogP contribution in [0.15, 0.2) is 54.9 Å². The Morgan fingerprint density at radius 3 is 2.69 bits per heavy atom. The average Bonchev–Trinajstić information content (AvgIpc) is 3.09. The minimum Gasteiger partial charge on any atom is -0.383 e. The van der Waals surface area contributed by atoms with Crippen molar-refractivity contribution < 1.29 is 9.53 Å². The van der Waals surface area contributed by atoms with Gasteiger partial charge in [-0.25, -0.2) is 0 Å². The van der Waals surface area contributed by atoms with Crippen LogP contribution in [0.3, 0.4) is 0 Å². The number of carbonyl (C=O) groups excluding carboxylic acids is 1. The van der Waals surface area contributed by atoms with Gasteiger partial charge in [-0.1, -0.05) is 6.07 Å². The molecule has 0 aliphatic rings. The van der Waals surface area contributed by atoms with Crippen LogP contribution in [0.4, 0.5) is 5.82 Å². The fraction of sp³-hybridized carbons (Fsp3) is 0.300. The van der Waals surface area contributed by atoms with Gasteiger partial charge in [-0.15, -0.1) is 0 Å². The van der Waals surface area contributed by atoms with Crippen LogP contribution >= 0.6 is 0 Å². The number of amides is 1. The minimum atomic E-state index is -0.0308. The summed E-state index contributed by atoms with van der Waals surface area (Å²) in [6.45, 7) is 1.90. The maximum atomic E-state index is 12.8. The molecule has 0 bridgehead atoms. The van der Waals surface area contributed by atoms with E-state index in [4.69, 9.17) is 4.74 Å². The van der Waals surface area contributed by atoms with Crippen molar-refractivity contribution in [2.24, 2.45) is 0 Å². The monoisotopic (exact) mass is 352 g/mol. The number of hydrogen-bond donors (Lipinski definition) is 0. The van der Waals surface area contributed by atoms with E-state index < -0.39 is 0 Å². The van der Waals surface area contributed by atoms with Crippen LogP contribution in [0.2, 0.25) is 0 Å². The SMILES string of the molecule is COCCN(C)c1ccc2ccc(C(=O)N(C)Cc3ccccn3)cn12. The topological polar surface area (TPSA) is 50.1 Å². The maximum Gasteiger partial charge on any atom is 0.255 e. The van der Waals surface area contributed by atoms with E-state index in [1.165, 1.54) is 0 Å². The number of anilines is 1. The fourth-order valence-electron chi connectivity index (χ4n) is 2.89. The van der Waals surface area contributed by atoms with Crippen molar-refractivity contribution in [2.75, 3.05) is 39.3 Å². The number of fused-ring (bicyclic) bond motifs is 1. The third kappa shape index (κ3) is 3.86. The highest BCUT2D eigenvalue weighted by atomic mass is 16.5. The van der Waals surface area contributed by atoms with Gasteiger partial charge in [-0.2, -0.15) is 0 Å². The number of carbonyl (C=O) groups is 1. The molecule has 3 aromatic heterocycles. The van der Waals surface area contributed by atoms with Gasteiger partial charge in [-0.3, -0.25) is 9.78 Å². The zero-order valence-electron chi connectivity index (χ0n) is 15.4. The number of likely N-dealkylation sites (N-methyl/N-ethyl adjacent to an activating group) is 1. The van der Waals surface area contributed by atoms with Crippen LogP contribution in [0, 0.1) is 0 Å². The number of aromatic nitrogens is 2. The lowest BCUT2D eigenvalue weighted by atomic mass is 10.2. The highest BCUT2D eigenvalue weighted by molar-refractivity contribution is 5.94. The molecule has 0 spiro atoms. The van der Waals surface area contributed by atoms with Crippen LogP contribution in [-0.4, -0.2) is 54.5 Å². The molecule has 0 fully saturated rings. The molecule has 26 heavy (non-hydrogen) atoms. The second-order valence-corrected chi connectivity index (χ2v) is 6.30. The molecule has 0 saturated carbocycles. The molecule has 0 unspecified atom stereocenters. The number of pyridine rings is 2. The van der Waals surface area contributed by atoms with Crippen LogP contribution in [-0.2, 0) is 11.3 Å². The maximum absolute atomic E-state index is 12.8. The standard InChI is InChI=1S/C20H24N4O2/c1-22(12-13-26-3)19-10-9-18-8-7-16(14-24(18)19)20(25)23(2)15-17-6-4-5-11-21-17/h4-11,14H,12-13,15H2,1-3H3. The Bertz CT molecular complexity index is 876. The van der Waals surface area contributed by atoms with Gasteiger partial charge in [-0.05, 0) is 36.4 Å². The van der Waals surface area contributed by atoms with Crippen molar-refractivity contribution in [2.45, 2.75) is 6.54 Å². The van der Waals surface area contributed by atoms with E-state index in [0.29, 0.717) is 18.7 Å². The van der Waals surface area contributed by atoms with E-state index in [2.05, 4.69) is 16.0 Å². The summed E-state index contributed by atoms with van der Waals surface area (Å²) in [6.07, 6.45) is 3.63. The highest BCUT2D eigenvalue weighted by Crippen LogP contribution is 2.20. The van der Waals surface area contributed by atoms with Gasteiger partial charge in [0.1, 0.15) is 5.82 Å². The highest BCUT2D eigenvalue weighted by Gasteiger charge is 2.15. The molecule has 0 N–H and O–H groups in total. The summed E-state index contributed by atoms with van der Waals surface area (Å²) in [6, 6.07) is 13.6. The summed E-state index contributed by atoms with van der Waals surface area (Å²) in [5.74, 6) is 0.996. The van der Waals surface area contributed by atoms with E-state index in [9.17, 15) is 4.79 Å². The predicted octanol–water partition coefficient (Wildman–Crippen LogP) is 2.69. The summed E-state index contributed by atoms with van der Waals surface area (Å²) in [5.41, 5.74) is 2.56. The quantitative estimate of drug-likeness (QED) is 0.656. The van der Waals surface area contributed by atoms with Crippen molar-refractivity contribution in [3.63, 3.8) is 0 Å². The van der Waals surface area contributed by atoms with Crippen molar-refractivity contribution in [1.29, 1.82) is 0 Å². The Hall–Kier alpha value is -2.86. The molecule has 0 atom stereocenters. The number of methoxy groups -OCH3 is 1. The van der Waals surface area contributed by atoms with Gasteiger partial charge in [0, 0.05) is 45.7 Å². The van der Waals surface area contributed by atoms with Crippen molar-refractivity contribution in [3.8, 4) is 0 Å². The molecular weight excluding hydrogens is 328 g/mol. The lowest BCUT2D eigenvalue weighted by Gasteiger charge is -2.20. The Kier molecular flexibility index (Phi) is 5.53. The lowest BCUT2D eigenvalue weighted by Crippen LogP contribution is -2.27. The third-order valence-corrected chi connectivity index (χ3v) is 4.37. The zero-order valence-corrected chi connectivity index (χ0v) is 15.4. The number of hydrogen-bond acceptors (Lipinski definition) is 4. The van der Waals surface area contributed by atoms with Crippen LogP contribution in [0.25, 0.3) is 5.52 Å². The first-order valence-electron chi connectivity index (χ1n) is 8.56. The summed E-state index contributed by atoms with van der Waals surface area (Å²) in [4.78, 5) is 20.9. The van der Waals surface area contributed by atoms with Crippen molar-refractivity contribution in [1.82, 2.24) is 14.3 Å². The lowest BCUT2D eigenvalue weighted by molar-refractivity contribution is 0.0783. The molecule has 3 heterocycles. The van der Waals surface area contributed by atoms with Crippen LogP contribution in [0.1, 0.15) is 16.1 Å². The molecule has 1 amide bonds. The number of rotatable bonds is 7. The summed E-state index contributed by atoms with van der Waals surface area (Å²) >= 11 is 0. The average molecular weight is 352 g/mol. The largest absolute Gasteiger partial charge is 0.383 e. The summed E-state index contributed by atoms with van der Waals surface area (Å²) < 4.78 is 7.19. The molecule has 3 rings (SSSR count). The van der Waals surface area contributed by atoms with E-state index in [1.54, 1.807) is 25.3 Å². The Morgan fingerprint density at radius 2 is 1.96 bits per heavy atom. The third-order valence-electron chi connectivity index (χ3n) is 4.37. The van der Waals surface area contributed by atoms with Crippen molar-refractivity contribution in [3.05, 3.63) is 66.1 Å². The molecular formula is C20H24N4O2. The fourth-order valence-corrected chi connectivity index (χ4v) is 2.89. The van der Waals surface area contributed by atoms with Gasteiger partial charge in [0.05, 0.1) is 24.4 Å². The van der Waals surface area contributed by atoms with Crippen LogP contribution < -0.4 is 4.90 Å². The minimum absolute atomic E-state index is 0.0308. The molecule has 0 aliphatic heterocycles. The molecule has 6 nitrogen and oxygen atoms in total. The first-order chi connectivity index (χ1) is 12.6. The molecule has 3 aromatic rings. The first-order valence-corrected chi connectivity index (χ1v) is 8.56. The summed E-state index contributed by atoms with van der Waals surface area (Å²) in [7, 11) is 5.50. The van der Waals surface area contributed by atoms with Gasteiger partial charge >= 0.3 is 0 Å². The number of ether oxygens (including phenoxy) is 1. The van der Waals surface area contributed by atoms with E-state index in [1.807, 2.05) is 54.0 Å². The Labute approximate surface area is 153 Å². The van der Waals surface area contributed by atoms with Gasteiger partial charge in [0.25, 0.3) is 5.91 Å². The van der Waals surface area contributed by atoms with Crippen LogP contribution in [0.5, 0.6) is 0 Å². The normalized spacial score (nSPS) is 10.9. The van der Waals surface area contributed by atoms with E-state index in [-0.39, 0.29) is 5.91 Å². The second kappa shape index (κ2) is 8.01. The molecule has 6 heteroatoms. The van der Waals surface area contributed by atoms with Gasteiger partial charge in [0.2, 0.25) is 0 Å². The Balaban J connectivity index is 1.82. The van der Waals surface area contributed by atoms with E-state index in [0.717, 1.165) is 23.6 Å². The second-order valence-electron chi connectivity index (χ2n) is 6.30. The van der Waals surface area contributed by atoms with Crippen molar-refractivity contribution >= 4 is 17.2 Å². The molecule has 0 aromatic carbocycles.